The number of carbonyl (C=O) groups excluding carboxylic acids is 1. The molecule has 5 heteroatoms. The third-order valence-electron chi connectivity index (χ3n) is 3.28. The number of piperidine rings is 1. The average Bonchev–Trinajstić information content (AvgIpc) is 2.26. The van der Waals surface area contributed by atoms with E-state index in [-0.39, 0.29) is 18.3 Å². The van der Waals surface area contributed by atoms with Crippen LogP contribution in [0.25, 0.3) is 0 Å². The highest BCUT2D eigenvalue weighted by atomic mass is 35.5. The van der Waals surface area contributed by atoms with Gasteiger partial charge in [-0.25, -0.2) is 0 Å². The quantitative estimate of drug-likeness (QED) is 0.732. The zero-order chi connectivity index (χ0) is 12.0. The van der Waals surface area contributed by atoms with Crippen molar-refractivity contribution in [1.29, 1.82) is 0 Å². The number of halogens is 1. The Morgan fingerprint density at radius 2 is 2.24 bits per heavy atom. The van der Waals surface area contributed by atoms with Gasteiger partial charge in [-0.05, 0) is 39.7 Å². The maximum atomic E-state index is 11.2. The average molecular weight is 264 g/mol. The first-order chi connectivity index (χ1) is 7.61. The van der Waals surface area contributed by atoms with E-state index >= 15 is 0 Å². The minimum absolute atomic E-state index is 0. The van der Waals surface area contributed by atoms with Gasteiger partial charge in [-0.1, -0.05) is 6.42 Å². The second kappa shape index (κ2) is 8.72. The fourth-order valence-corrected chi connectivity index (χ4v) is 2.14. The number of amides is 1. The summed E-state index contributed by atoms with van der Waals surface area (Å²) in [6, 6.07) is 0.312. The molecule has 2 unspecified atom stereocenters. The number of nitrogens with two attached hydrogens (primary N) is 1. The molecule has 0 aliphatic carbocycles. The summed E-state index contributed by atoms with van der Waals surface area (Å²) in [4.78, 5) is 13.7. The summed E-state index contributed by atoms with van der Waals surface area (Å²) in [7, 11) is 0. The highest BCUT2D eigenvalue weighted by Crippen LogP contribution is 2.15. The molecule has 0 bridgehead atoms. The van der Waals surface area contributed by atoms with Gasteiger partial charge in [0.05, 0.1) is 6.04 Å². The molecule has 1 heterocycles. The summed E-state index contributed by atoms with van der Waals surface area (Å²) >= 11 is 0. The summed E-state index contributed by atoms with van der Waals surface area (Å²) in [5, 5.41) is 2.85. The minimum Gasteiger partial charge on any atom is -0.355 e. The monoisotopic (exact) mass is 263 g/mol. The van der Waals surface area contributed by atoms with Crippen molar-refractivity contribution >= 4 is 18.3 Å². The van der Waals surface area contributed by atoms with E-state index in [2.05, 4.69) is 17.1 Å². The molecular weight excluding hydrogens is 238 g/mol. The van der Waals surface area contributed by atoms with Crippen molar-refractivity contribution in [3.63, 3.8) is 0 Å². The van der Waals surface area contributed by atoms with E-state index < -0.39 is 6.04 Å². The molecular formula is C12H26ClN3O. The van der Waals surface area contributed by atoms with E-state index in [1.54, 1.807) is 6.92 Å². The van der Waals surface area contributed by atoms with Crippen LogP contribution in [0.1, 0.15) is 39.5 Å². The van der Waals surface area contributed by atoms with Gasteiger partial charge in [-0.3, -0.25) is 4.79 Å². The SMILES string of the molecule is CC(N)C(=O)NCCCN1CCCCC1C.Cl. The summed E-state index contributed by atoms with van der Waals surface area (Å²) in [5.74, 6) is -0.0494. The number of hydrogen-bond acceptors (Lipinski definition) is 3. The van der Waals surface area contributed by atoms with Crippen molar-refractivity contribution in [3.05, 3.63) is 0 Å². The number of hydrogen-bond donors (Lipinski definition) is 2. The van der Waals surface area contributed by atoms with Crippen LogP contribution in [0.3, 0.4) is 0 Å². The van der Waals surface area contributed by atoms with E-state index in [4.69, 9.17) is 5.73 Å². The molecule has 2 atom stereocenters. The van der Waals surface area contributed by atoms with Crippen molar-refractivity contribution in [2.24, 2.45) is 5.73 Å². The third kappa shape index (κ3) is 6.24. The van der Waals surface area contributed by atoms with E-state index in [9.17, 15) is 4.79 Å². The van der Waals surface area contributed by atoms with Gasteiger partial charge in [-0.15, -0.1) is 12.4 Å². The van der Waals surface area contributed by atoms with Gasteiger partial charge in [0.1, 0.15) is 0 Å². The van der Waals surface area contributed by atoms with Gasteiger partial charge in [0, 0.05) is 19.1 Å². The van der Waals surface area contributed by atoms with Crippen LogP contribution in [0, 0.1) is 0 Å². The Kier molecular flexibility index (Phi) is 8.56. The molecule has 102 valence electrons. The van der Waals surface area contributed by atoms with Crippen molar-refractivity contribution in [2.75, 3.05) is 19.6 Å². The molecule has 0 saturated carbocycles. The Morgan fingerprint density at radius 3 is 2.82 bits per heavy atom. The molecule has 0 aromatic rings. The van der Waals surface area contributed by atoms with Gasteiger partial charge >= 0.3 is 0 Å². The Hall–Kier alpha value is -0.320. The Labute approximate surface area is 111 Å². The number of likely N-dealkylation sites (tertiary alicyclic amines) is 1. The van der Waals surface area contributed by atoms with Crippen LogP contribution < -0.4 is 11.1 Å². The summed E-state index contributed by atoms with van der Waals surface area (Å²) in [5.41, 5.74) is 5.46. The van der Waals surface area contributed by atoms with Crippen LogP contribution in [0.5, 0.6) is 0 Å². The summed E-state index contributed by atoms with van der Waals surface area (Å²) in [6.07, 6.45) is 5.00. The van der Waals surface area contributed by atoms with E-state index in [1.165, 1.54) is 25.8 Å². The lowest BCUT2D eigenvalue weighted by atomic mass is 10.0. The molecule has 1 amide bonds. The second-order valence-corrected chi connectivity index (χ2v) is 4.81. The fourth-order valence-electron chi connectivity index (χ4n) is 2.14. The maximum absolute atomic E-state index is 11.2. The normalized spacial score (nSPS) is 22.6. The molecule has 3 N–H and O–H groups in total. The highest BCUT2D eigenvalue weighted by molar-refractivity contribution is 5.85. The number of nitrogens with one attached hydrogen (secondary N) is 1. The van der Waals surface area contributed by atoms with Crippen LogP contribution in [-0.2, 0) is 4.79 Å². The van der Waals surface area contributed by atoms with Gasteiger partial charge in [0.25, 0.3) is 0 Å². The molecule has 1 aliphatic heterocycles. The molecule has 17 heavy (non-hydrogen) atoms. The fraction of sp³-hybridized carbons (Fsp3) is 0.917. The van der Waals surface area contributed by atoms with Gasteiger partial charge in [0.15, 0.2) is 0 Å². The molecule has 1 saturated heterocycles. The molecule has 4 nitrogen and oxygen atoms in total. The standard InChI is InChI=1S/C12H25N3O.ClH/c1-10-6-3-4-8-15(10)9-5-7-14-12(16)11(2)13;/h10-11H,3-9,13H2,1-2H3,(H,14,16);1H. The van der Waals surface area contributed by atoms with Crippen molar-refractivity contribution in [1.82, 2.24) is 10.2 Å². The molecule has 0 spiro atoms. The topological polar surface area (TPSA) is 58.4 Å². The molecule has 0 aromatic carbocycles. The van der Waals surface area contributed by atoms with Crippen LogP contribution in [-0.4, -0.2) is 42.5 Å². The first-order valence-electron chi connectivity index (χ1n) is 6.38. The number of carbonyl (C=O) groups is 1. The minimum atomic E-state index is -0.395. The summed E-state index contributed by atoms with van der Waals surface area (Å²) < 4.78 is 0. The Morgan fingerprint density at radius 1 is 1.53 bits per heavy atom. The second-order valence-electron chi connectivity index (χ2n) is 4.81. The lowest BCUT2D eigenvalue weighted by Crippen LogP contribution is -2.41. The van der Waals surface area contributed by atoms with Crippen LogP contribution in [0.15, 0.2) is 0 Å². The van der Waals surface area contributed by atoms with E-state index in [0.717, 1.165) is 19.5 Å². The lowest BCUT2D eigenvalue weighted by molar-refractivity contribution is -0.121. The smallest absolute Gasteiger partial charge is 0.236 e. The third-order valence-corrected chi connectivity index (χ3v) is 3.28. The predicted octanol–water partition coefficient (Wildman–Crippen LogP) is 1.14. The molecule has 0 aromatic heterocycles. The molecule has 1 rings (SSSR count). The maximum Gasteiger partial charge on any atom is 0.236 e. The van der Waals surface area contributed by atoms with E-state index in [0.29, 0.717) is 6.04 Å². The molecule has 0 radical (unpaired) electrons. The molecule has 1 fully saturated rings. The Balaban J connectivity index is 0.00000256. The Bertz CT molecular complexity index is 224. The van der Waals surface area contributed by atoms with E-state index in [1.807, 2.05) is 0 Å². The zero-order valence-electron chi connectivity index (χ0n) is 10.9. The first-order valence-corrected chi connectivity index (χ1v) is 6.38. The largest absolute Gasteiger partial charge is 0.355 e. The highest BCUT2D eigenvalue weighted by Gasteiger charge is 2.17. The van der Waals surface area contributed by atoms with Crippen LogP contribution in [0.4, 0.5) is 0 Å². The van der Waals surface area contributed by atoms with Crippen molar-refractivity contribution in [3.8, 4) is 0 Å². The lowest BCUT2D eigenvalue weighted by Gasteiger charge is -2.33. The first kappa shape index (κ1) is 16.7. The van der Waals surface area contributed by atoms with Gasteiger partial charge in [0.2, 0.25) is 5.91 Å². The van der Waals surface area contributed by atoms with Crippen molar-refractivity contribution < 1.29 is 4.79 Å². The number of rotatable bonds is 5. The van der Waals surface area contributed by atoms with Crippen LogP contribution in [0.2, 0.25) is 0 Å². The van der Waals surface area contributed by atoms with Gasteiger partial charge in [-0.2, -0.15) is 0 Å². The van der Waals surface area contributed by atoms with Gasteiger partial charge < -0.3 is 16.0 Å². The predicted molar refractivity (Wildman–Crippen MR) is 73.4 cm³/mol. The number of nitrogens with zero attached hydrogens (tertiary/aromatic N) is 1. The summed E-state index contributed by atoms with van der Waals surface area (Å²) in [6.45, 7) is 7.04. The van der Waals surface area contributed by atoms with Crippen LogP contribution >= 0.6 is 12.4 Å². The molecule has 1 aliphatic rings. The van der Waals surface area contributed by atoms with Crippen molar-refractivity contribution in [2.45, 2.75) is 51.6 Å². The zero-order valence-corrected chi connectivity index (χ0v) is 11.8.